The number of thioether (sulfide) groups is 1. The van der Waals surface area contributed by atoms with E-state index in [1.807, 2.05) is 53.3 Å². The summed E-state index contributed by atoms with van der Waals surface area (Å²) in [7, 11) is 0. The number of benzene rings is 3. The molecule has 0 fully saturated rings. The van der Waals surface area contributed by atoms with Crippen LogP contribution in [0.5, 0.6) is 0 Å². The molecule has 6 heteroatoms. The first-order chi connectivity index (χ1) is 17.7. The van der Waals surface area contributed by atoms with E-state index in [1.54, 1.807) is 0 Å². The Morgan fingerprint density at radius 2 is 1.47 bits per heavy atom. The minimum Gasteiger partial charge on any atom is -0.372 e. The number of fused-ring (bicyclic) bond motifs is 2. The molecule has 36 heavy (non-hydrogen) atoms. The molecule has 0 atom stereocenters. The van der Waals surface area contributed by atoms with Gasteiger partial charge < -0.3 is 4.90 Å². The Hall–Kier alpha value is -3.64. The van der Waals surface area contributed by atoms with Crippen LogP contribution in [-0.2, 0) is 0 Å². The van der Waals surface area contributed by atoms with Gasteiger partial charge >= 0.3 is 0 Å². The molecule has 0 unspecified atom stereocenters. The highest BCUT2D eigenvalue weighted by molar-refractivity contribution is 8.04. The third kappa shape index (κ3) is 5.60. The number of anilines is 3. The van der Waals surface area contributed by atoms with Crippen molar-refractivity contribution in [3.8, 4) is 0 Å². The van der Waals surface area contributed by atoms with Crippen LogP contribution in [0.2, 0.25) is 0 Å². The largest absolute Gasteiger partial charge is 0.372 e. The average molecular weight is 496 g/mol. The van der Waals surface area contributed by atoms with E-state index >= 15 is 0 Å². The van der Waals surface area contributed by atoms with Crippen LogP contribution >= 0.6 is 11.8 Å². The fourth-order valence-corrected chi connectivity index (χ4v) is 5.47. The second-order valence-electron chi connectivity index (χ2n) is 8.93. The number of nitrogens with one attached hydrogen (secondary N) is 2. The Bertz CT molecular complexity index is 1220. The number of para-hydroxylation sites is 2. The average Bonchev–Trinajstić information content (AvgIpc) is 2.92. The molecule has 5 rings (SSSR count). The lowest BCUT2D eigenvalue weighted by atomic mass is 10.1. The highest BCUT2D eigenvalue weighted by Crippen LogP contribution is 2.44. The van der Waals surface area contributed by atoms with Gasteiger partial charge in [0.2, 0.25) is 0 Å². The number of allylic oxidation sites excluding steroid dienone is 3. The van der Waals surface area contributed by atoms with E-state index in [1.165, 1.54) is 15.5 Å². The van der Waals surface area contributed by atoms with Crippen molar-refractivity contribution in [1.29, 1.82) is 0 Å². The van der Waals surface area contributed by atoms with Crippen molar-refractivity contribution in [2.75, 3.05) is 28.8 Å². The normalized spacial score (nSPS) is 14.0. The number of hydrogen-bond acceptors (Lipinski definition) is 6. The zero-order valence-corrected chi connectivity index (χ0v) is 21.8. The van der Waals surface area contributed by atoms with E-state index in [0.29, 0.717) is 0 Å². The quantitative estimate of drug-likeness (QED) is 0.279. The summed E-state index contributed by atoms with van der Waals surface area (Å²) >= 11 is 1.82. The summed E-state index contributed by atoms with van der Waals surface area (Å²) in [6, 6.07) is 27.2. The molecule has 0 aromatic heterocycles. The molecule has 184 valence electrons. The Labute approximate surface area is 218 Å². The van der Waals surface area contributed by atoms with Gasteiger partial charge in [0.1, 0.15) is 0 Å². The van der Waals surface area contributed by atoms with E-state index in [-0.39, 0.29) is 0 Å². The summed E-state index contributed by atoms with van der Waals surface area (Å²) in [6.45, 7) is 6.64. The Morgan fingerprint density at radius 1 is 0.833 bits per heavy atom. The number of hydrogen-bond donors (Lipinski definition) is 2. The van der Waals surface area contributed by atoms with Crippen LogP contribution in [0.4, 0.5) is 22.7 Å². The molecular weight excluding hydrogens is 462 g/mol. The van der Waals surface area contributed by atoms with Crippen LogP contribution in [0.25, 0.3) is 0 Å². The monoisotopic (exact) mass is 495 g/mol. The lowest BCUT2D eigenvalue weighted by Gasteiger charge is -2.31. The first-order valence-electron chi connectivity index (χ1n) is 12.7. The van der Waals surface area contributed by atoms with Crippen LogP contribution in [0, 0.1) is 0 Å². The summed E-state index contributed by atoms with van der Waals surface area (Å²) < 4.78 is 0. The molecule has 3 aromatic rings. The molecular formula is C30H33N5S. The fourth-order valence-electron chi connectivity index (χ4n) is 4.41. The van der Waals surface area contributed by atoms with Crippen molar-refractivity contribution in [3.05, 3.63) is 102 Å². The van der Waals surface area contributed by atoms with Gasteiger partial charge in [0.25, 0.3) is 0 Å². The highest BCUT2D eigenvalue weighted by Gasteiger charge is 2.23. The molecule has 0 bridgehead atoms. The van der Waals surface area contributed by atoms with E-state index in [4.69, 9.17) is 4.99 Å². The number of nitrogens with zero attached hydrogens (tertiary/aromatic N) is 3. The van der Waals surface area contributed by atoms with Crippen LogP contribution in [0.1, 0.15) is 33.1 Å². The summed E-state index contributed by atoms with van der Waals surface area (Å²) in [5, 5.41) is 1.99. The van der Waals surface area contributed by atoms with Gasteiger partial charge in [-0.05, 0) is 61.4 Å². The third-order valence-electron chi connectivity index (χ3n) is 6.13. The Balaban J connectivity index is 1.41. The zero-order valence-electron chi connectivity index (χ0n) is 20.9. The first-order valence-corrected chi connectivity index (χ1v) is 13.6. The smallest absolute Gasteiger partial charge is 0.0787 e. The van der Waals surface area contributed by atoms with Gasteiger partial charge in [-0.15, -0.1) is 0 Å². The molecule has 0 spiro atoms. The van der Waals surface area contributed by atoms with Crippen molar-refractivity contribution in [1.82, 2.24) is 5.12 Å². The van der Waals surface area contributed by atoms with Crippen molar-refractivity contribution in [2.24, 2.45) is 4.99 Å². The standard InChI is InChI=1S/C30H33N5S/c1-3-19-34(20-4-2)25-15-17-27-29(21-25)36-30-22-26(16-18-28(30)31-27)35(32-23-11-7-5-8-12-23)33-24-13-9-6-10-14-24/h5-17,21-22,32-33H,3-4,18-20H2,1-2H3. The maximum Gasteiger partial charge on any atom is 0.0787 e. The van der Waals surface area contributed by atoms with E-state index in [2.05, 4.69) is 84.2 Å². The molecule has 5 nitrogen and oxygen atoms in total. The van der Waals surface area contributed by atoms with Crippen LogP contribution in [-0.4, -0.2) is 23.9 Å². The van der Waals surface area contributed by atoms with Crippen LogP contribution in [0.3, 0.4) is 0 Å². The van der Waals surface area contributed by atoms with Gasteiger partial charge in [0, 0.05) is 35.0 Å². The maximum atomic E-state index is 5.03. The van der Waals surface area contributed by atoms with E-state index in [0.717, 1.165) is 60.8 Å². The predicted octanol–water partition coefficient (Wildman–Crippen LogP) is 8.02. The van der Waals surface area contributed by atoms with Crippen LogP contribution in [0.15, 0.2) is 112 Å². The van der Waals surface area contributed by atoms with Crippen molar-refractivity contribution >= 4 is 40.2 Å². The molecule has 1 aliphatic carbocycles. The van der Waals surface area contributed by atoms with Crippen molar-refractivity contribution in [3.63, 3.8) is 0 Å². The Morgan fingerprint density at radius 3 is 2.08 bits per heavy atom. The lowest BCUT2D eigenvalue weighted by Crippen LogP contribution is -2.35. The molecule has 0 saturated heterocycles. The summed E-state index contributed by atoms with van der Waals surface area (Å²) in [4.78, 5) is 9.93. The minimum absolute atomic E-state index is 0.788. The second-order valence-corrected chi connectivity index (χ2v) is 10.0. The van der Waals surface area contributed by atoms with Crippen molar-refractivity contribution in [2.45, 2.75) is 38.0 Å². The van der Waals surface area contributed by atoms with Gasteiger partial charge in [0.05, 0.1) is 28.5 Å². The molecule has 1 heterocycles. The van der Waals surface area contributed by atoms with Gasteiger partial charge in [0.15, 0.2) is 0 Å². The topological polar surface area (TPSA) is 42.9 Å². The SMILES string of the molecule is CCCN(CCC)c1ccc2c(c1)SC1=CC(N(Nc3ccccc3)Nc3ccccc3)=CCC1=N2. The molecule has 1 aliphatic heterocycles. The predicted molar refractivity (Wildman–Crippen MR) is 155 cm³/mol. The molecule has 3 aromatic carbocycles. The van der Waals surface area contributed by atoms with Crippen molar-refractivity contribution < 1.29 is 0 Å². The summed E-state index contributed by atoms with van der Waals surface area (Å²) in [5.74, 6) is 0. The molecule has 0 saturated carbocycles. The summed E-state index contributed by atoms with van der Waals surface area (Å²) in [6.07, 6.45) is 7.52. The molecule has 2 aliphatic rings. The molecule has 2 N–H and O–H groups in total. The first kappa shape index (κ1) is 24.1. The van der Waals surface area contributed by atoms with Gasteiger partial charge in [-0.1, -0.05) is 68.1 Å². The fraction of sp³-hybridized carbons (Fsp3) is 0.233. The summed E-state index contributed by atoms with van der Waals surface area (Å²) in [5.41, 5.74) is 13.6. The lowest BCUT2D eigenvalue weighted by molar-refractivity contribution is 0.506. The van der Waals surface area contributed by atoms with E-state index < -0.39 is 0 Å². The van der Waals surface area contributed by atoms with Gasteiger partial charge in [-0.3, -0.25) is 15.8 Å². The van der Waals surface area contributed by atoms with E-state index in [9.17, 15) is 0 Å². The van der Waals surface area contributed by atoms with Gasteiger partial charge in [-0.25, -0.2) is 0 Å². The minimum atomic E-state index is 0.788. The molecule has 0 amide bonds. The highest BCUT2D eigenvalue weighted by atomic mass is 32.2. The van der Waals surface area contributed by atoms with Crippen LogP contribution < -0.4 is 15.8 Å². The van der Waals surface area contributed by atoms with Gasteiger partial charge in [-0.2, -0.15) is 5.12 Å². The second kappa shape index (κ2) is 11.4. The Kier molecular flexibility index (Phi) is 7.62. The molecule has 0 radical (unpaired) electrons. The number of hydrazine groups is 2. The zero-order chi connectivity index (χ0) is 24.7. The maximum absolute atomic E-state index is 5.03. The number of rotatable bonds is 10. The third-order valence-corrected chi connectivity index (χ3v) is 7.25. The number of aliphatic imine (C=N–C) groups is 1.